The maximum absolute atomic E-state index is 5.65. The van der Waals surface area contributed by atoms with Crippen molar-refractivity contribution in [3.63, 3.8) is 0 Å². The van der Waals surface area contributed by atoms with Gasteiger partial charge in [-0.3, -0.25) is 0 Å². The van der Waals surface area contributed by atoms with Crippen LogP contribution in [-0.4, -0.2) is 24.2 Å². The minimum atomic E-state index is 0.486. The predicted molar refractivity (Wildman–Crippen MR) is 111 cm³/mol. The SMILES string of the molecule is CCC/C=C/CCCCCCCCCCCCC1NC=CN1CCN. The van der Waals surface area contributed by atoms with Gasteiger partial charge in [0, 0.05) is 25.5 Å². The maximum Gasteiger partial charge on any atom is 0.0981 e. The predicted octanol–water partition coefficient (Wildman–Crippen LogP) is 5.69. The fraction of sp³-hybridized carbons (Fsp3) is 0.818. The Kier molecular flexibility index (Phi) is 14.6. The van der Waals surface area contributed by atoms with E-state index in [-0.39, 0.29) is 0 Å². The first kappa shape index (κ1) is 22.1. The van der Waals surface area contributed by atoms with E-state index in [0.717, 1.165) is 13.1 Å². The zero-order valence-corrected chi connectivity index (χ0v) is 16.7. The van der Waals surface area contributed by atoms with Crippen molar-refractivity contribution in [3.05, 3.63) is 24.6 Å². The van der Waals surface area contributed by atoms with Crippen LogP contribution in [0.25, 0.3) is 0 Å². The summed E-state index contributed by atoms with van der Waals surface area (Å²) < 4.78 is 0. The third-order valence-electron chi connectivity index (χ3n) is 5.06. The van der Waals surface area contributed by atoms with Gasteiger partial charge in [0.05, 0.1) is 6.17 Å². The van der Waals surface area contributed by atoms with E-state index >= 15 is 0 Å². The van der Waals surface area contributed by atoms with Crippen molar-refractivity contribution < 1.29 is 0 Å². The lowest BCUT2D eigenvalue weighted by Gasteiger charge is -2.25. The van der Waals surface area contributed by atoms with E-state index in [1.54, 1.807) is 0 Å². The molecule has 1 atom stereocenters. The summed E-state index contributed by atoms with van der Waals surface area (Å²) in [6.07, 6.45) is 28.5. The van der Waals surface area contributed by atoms with Crippen molar-refractivity contribution in [2.45, 2.75) is 103 Å². The van der Waals surface area contributed by atoms with Crippen LogP contribution in [0.15, 0.2) is 24.6 Å². The molecule has 0 aromatic carbocycles. The average molecular weight is 350 g/mol. The fourth-order valence-corrected chi connectivity index (χ4v) is 3.49. The van der Waals surface area contributed by atoms with E-state index in [1.807, 2.05) is 0 Å². The highest BCUT2D eigenvalue weighted by molar-refractivity contribution is 4.94. The second kappa shape index (κ2) is 16.5. The highest BCUT2D eigenvalue weighted by atomic mass is 15.3. The molecule has 3 N–H and O–H groups in total. The van der Waals surface area contributed by atoms with Gasteiger partial charge in [0.2, 0.25) is 0 Å². The molecule has 1 aliphatic heterocycles. The minimum Gasteiger partial charge on any atom is -0.370 e. The molecule has 1 heterocycles. The maximum atomic E-state index is 5.65. The molecule has 0 bridgehead atoms. The fourth-order valence-electron chi connectivity index (χ4n) is 3.49. The van der Waals surface area contributed by atoms with E-state index < -0.39 is 0 Å². The van der Waals surface area contributed by atoms with Gasteiger partial charge in [-0.05, 0) is 32.1 Å². The molecule has 146 valence electrons. The molecule has 0 spiro atoms. The number of hydrogen-bond donors (Lipinski definition) is 2. The standard InChI is InChI=1S/C22H43N3/c1-2-3-4-5-6-7-8-9-10-11-12-13-14-15-16-17-22-24-19-21-25(22)20-18-23/h4-5,19,21-22,24H,2-3,6-18,20,23H2,1H3/b5-4+. The van der Waals surface area contributed by atoms with Gasteiger partial charge in [-0.1, -0.05) is 76.9 Å². The molecule has 0 saturated heterocycles. The van der Waals surface area contributed by atoms with Crippen LogP contribution >= 0.6 is 0 Å². The molecule has 0 amide bonds. The first-order valence-corrected chi connectivity index (χ1v) is 10.9. The summed E-state index contributed by atoms with van der Waals surface area (Å²) in [6.45, 7) is 3.94. The summed E-state index contributed by atoms with van der Waals surface area (Å²) in [5.74, 6) is 0. The first-order valence-electron chi connectivity index (χ1n) is 10.9. The van der Waals surface area contributed by atoms with E-state index in [1.165, 1.54) is 89.9 Å². The summed E-state index contributed by atoms with van der Waals surface area (Å²) in [4.78, 5) is 2.33. The van der Waals surface area contributed by atoms with Crippen molar-refractivity contribution in [2.24, 2.45) is 5.73 Å². The summed E-state index contributed by atoms with van der Waals surface area (Å²) in [7, 11) is 0. The summed E-state index contributed by atoms with van der Waals surface area (Å²) in [5, 5.41) is 3.43. The first-order chi connectivity index (χ1) is 12.4. The van der Waals surface area contributed by atoms with Crippen LogP contribution < -0.4 is 11.1 Å². The Morgan fingerprint density at radius 3 is 2.12 bits per heavy atom. The average Bonchev–Trinajstić information content (AvgIpc) is 3.06. The Morgan fingerprint density at radius 2 is 1.48 bits per heavy atom. The lowest BCUT2D eigenvalue weighted by atomic mass is 10.0. The molecule has 0 aromatic rings. The second-order valence-corrected chi connectivity index (χ2v) is 7.40. The highest BCUT2D eigenvalue weighted by Crippen LogP contribution is 2.15. The van der Waals surface area contributed by atoms with E-state index in [0.29, 0.717) is 6.17 Å². The highest BCUT2D eigenvalue weighted by Gasteiger charge is 2.16. The number of allylic oxidation sites excluding steroid dienone is 2. The van der Waals surface area contributed by atoms with Crippen LogP contribution in [0.1, 0.15) is 96.8 Å². The van der Waals surface area contributed by atoms with Crippen LogP contribution in [0.5, 0.6) is 0 Å². The van der Waals surface area contributed by atoms with Gasteiger partial charge < -0.3 is 16.0 Å². The van der Waals surface area contributed by atoms with Gasteiger partial charge in [0.25, 0.3) is 0 Å². The number of nitrogens with one attached hydrogen (secondary N) is 1. The molecule has 3 heteroatoms. The van der Waals surface area contributed by atoms with Crippen molar-refractivity contribution in [3.8, 4) is 0 Å². The molecule has 0 radical (unpaired) electrons. The zero-order valence-electron chi connectivity index (χ0n) is 16.7. The molecule has 0 aliphatic carbocycles. The largest absolute Gasteiger partial charge is 0.370 e. The quantitative estimate of drug-likeness (QED) is 0.262. The number of rotatable bonds is 17. The van der Waals surface area contributed by atoms with Gasteiger partial charge in [0.15, 0.2) is 0 Å². The second-order valence-electron chi connectivity index (χ2n) is 7.40. The van der Waals surface area contributed by atoms with Gasteiger partial charge in [-0.25, -0.2) is 0 Å². The summed E-state index contributed by atoms with van der Waals surface area (Å²) in [6, 6.07) is 0. The number of nitrogens with two attached hydrogens (primary N) is 1. The van der Waals surface area contributed by atoms with Gasteiger partial charge in [0.1, 0.15) is 0 Å². The third-order valence-corrected chi connectivity index (χ3v) is 5.06. The molecule has 1 unspecified atom stereocenters. The molecule has 1 aliphatic rings. The smallest absolute Gasteiger partial charge is 0.0981 e. The van der Waals surface area contributed by atoms with Crippen molar-refractivity contribution >= 4 is 0 Å². The molecule has 0 saturated carbocycles. The van der Waals surface area contributed by atoms with Crippen LogP contribution in [-0.2, 0) is 0 Å². The van der Waals surface area contributed by atoms with Gasteiger partial charge >= 0.3 is 0 Å². The monoisotopic (exact) mass is 349 g/mol. The Bertz CT molecular complexity index is 338. The zero-order chi connectivity index (χ0) is 18.0. The lowest BCUT2D eigenvalue weighted by molar-refractivity contribution is 0.264. The van der Waals surface area contributed by atoms with E-state index in [2.05, 4.69) is 41.7 Å². The number of nitrogens with zero attached hydrogens (tertiary/aromatic N) is 1. The number of unbranched alkanes of at least 4 members (excludes halogenated alkanes) is 11. The molecule has 1 rings (SSSR count). The van der Waals surface area contributed by atoms with E-state index in [4.69, 9.17) is 5.73 Å². The molecule has 0 aromatic heterocycles. The molecule has 25 heavy (non-hydrogen) atoms. The Morgan fingerprint density at radius 1 is 0.880 bits per heavy atom. The lowest BCUT2D eigenvalue weighted by Crippen LogP contribution is -2.37. The summed E-state index contributed by atoms with van der Waals surface area (Å²) in [5.41, 5.74) is 5.65. The molecule has 0 fully saturated rings. The number of hydrogen-bond acceptors (Lipinski definition) is 3. The van der Waals surface area contributed by atoms with Crippen LogP contribution in [0.4, 0.5) is 0 Å². The summed E-state index contributed by atoms with van der Waals surface area (Å²) >= 11 is 0. The van der Waals surface area contributed by atoms with E-state index in [9.17, 15) is 0 Å². The third kappa shape index (κ3) is 12.1. The minimum absolute atomic E-state index is 0.486. The Labute approximate surface area is 157 Å². The van der Waals surface area contributed by atoms with Crippen LogP contribution in [0, 0.1) is 0 Å². The Balaban J connectivity index is 1.77. The van der Waals surface area contributed by atoms with Crippen molar-refractivity contribution in [1.82, 2.24) is 10.2 Å². The molecular weight excluding hydrogens is 306 g/mol. The van der Waals surface area contributed by atoms with Crippen LogP contribution in [0.2, 0.25) is 0 Å². The molecule has 3 nitrogen and oxygen atoms in total. The topological polar surface area (TPSA) is 41.3 Å². The van der Waals surface area contributed by atoms with Gasteiger partial charge in [-0.15, -0.1) is 0 Å². The van der Waals surface area contributed by atoms with Crippen molar-refractivity contribution in [2.75, 3.05) is 13.1 Å². The normalized spacial score (nSPS) is 16.9. The van der Waals surface area contributed by atoms with Gasteiger partial charge in [-0.2, -0.15) is 0 Å². The Hall–Kier alpha value is -0.960. The van der Waals surface area contributed by atoms with Crippen LogP contribution in [0.3, 0.4) is 0 Å². The molecular formula is C22H43N3. The van der Waals surface area contributed by atoms with Crippen molar-refractivity contribution in [1.29, 1.82) is 0 Å².